The Hall–Kier alpha value is -1.42. The minimum atomic E-state index is -0.864. The van der Waals surface area contributed by atoms with Gasteiger partial charge in [0, 0.05) is 16.5 Å². The molecule has 0 bridgehead atoms. The van der Waals surface area contributed by atoms with Crippen molar-refractivity contribution in [3.05, 3.63) is 22.7 Å². The van der Waals surface area contributed by atoms with Crippen molar-refractivity contribution in [2.75, 3.05) is 13.2 Å². The van der Waals surface area contributed by atoms with Gasteiger partial charge >= 0.3 is 5.97 Å². The third-order valence-corrected chi connectivity index (χ3v) is 4.71. The minimum absolute atomic E-state index is 0.0907. The molecule has 3 rings (SSSR count). The van der Waals surface area contributed by atoms with Gasteiger partial charge in [0.15, 0.2) is 11.5 Å². The number of halogens is 1. The van der Waals surface area contributed by atoms with E-state index in [1.165, 1.54) is 0 Å². The van der Waals surface area contributed by atoms with Crippen molar-refractivity contribution in [3.63, 3.8) is 0 Å². The largest absolute Gasteiger partial charge is 0.489 e. The quantitative estimate of drug-likeness (QED) is 0.906. The summed E-state index contributed by atoms with van der Waals surface area (Å²) in [6.45, 7) is 5.19. The Morgan fingerprint density at radius 3 is 2.24 bits per heavy atom. The molecule has 4 nitrogen and oxygen atoms in total. The lowest BCUT2D eigenvalue weighted by Gasteiger charge is -2.38. The molecular weight excluding hydrogens is 292 g/mol. The highest BCUT2D eigenvalue weighted by Gasteiger charge is 2.47. The van der Waals surface area contributed by atoms with Gasteiger partial charge in [-0.05, 0) is 24.5 Å². The number of aliphatic carboxylic acids is 1. The first kappa shape index (κ1) is 14.5. The van der Waals surface area contributed by atoms with E-state index in [1.54, 1.807) is 12.1 Å². The van der Waals surface area contributed by atoms with Crippen molar-refractivity contribution in [1.29, 1.82) is 0 Å². The number of rotatable bonds is 2. The van der Waals surface area contributed by atoms with Crippen molar-refractivity contribution in [2.45, 2.75) is 38.5 Å². The summed E-state index contributed by atoms with van der Waals surface area (Å²) in [7, 11) is 0. The van der Waals surface area contributed by atoms with Gasteiger partial charge in [0.1, 0.15) is 0 Å². The Labute approximate surface area is 129 Å². The number of hydrogen-bond acceptors (Lipinski definition) is 3. The summed E-state index contributed by atoms with van der Waals surface area (Å²) in [5.74, 6) is 0.368. The molecule has 0 spiro atoms. The van der Waals surface area contributed by atoms with E-state index >= 15 is 0 Å². The molecule has 21 heavy (non-hydrogen) atoms. The van der Waals surface area contributed by atoms with Gasteiger partial charge in [0.05, 0.1) is 18.6 Å². The van der Waals surface area contributed by atoms with Crippen LogP contribution in [0.5, 0.6) is 11.5 Å². The number of hydrogen-bond donors (Lipinski definition) is 1. The van der Waals surface area contributed by atoms with Gasteiger partial charge < -0.3 is 14.6 Å². The van der Waals surface area contributed by atoms with Crippen LogP contribution < -0.4 is 9.47 Å². The van der Waals surface area contributed by atoms with E-state index in [4.69, 9.17) is 21.1 Å². The van der Waals surface area contributed by atoms with Crippen LogP contribution in [0.25, 0.3) is 0 Å². The number of ether oxygens (including phenoxy) is 2. The Bertz CT molecular complexity index is 590. The van der Waals surface area contributed by atoms with Crippen LogP contribution in [-0.4, -0.2) is 24.3 Å². The molecule has 1 N–H and O–H groups in total. The third kappa shape index (κ3) is 2.35. The second-order valence-electron chi connectivity index (χ2n) is 6.76. The topological polar surface area (TPSA) is 55.8 Å². The van der Waals surface area contributed by atoms with E-state index < -0.39 is 11.4 Å². The molecule has 0 amide bonds. The van der Waals surface area contributed by atoms with Crippen LogP contribution in [0.15, 0.2) is 12.1 Å². The van der Waals surface area contributed by atoms with Crippen molar-refractivity contribution in [3.8, 4) is 11.5 Å². The van der Waals surface area contributed by atoms with Crippen LogP contribution in [0.4, 0.5) is 0 Å². The average molecular weight is 311 g/mol. The van der Waals surface area contributed by atoms with Gasteiger partial charge in [0.2, 0.25) is 0 Å². The zero-order valence-electron chi connectivity index (χ0n) is 12.2. The van der Waals surface area contributed by atoms with Gasteiger partial charge in [-0.1, -0.05) is 31.9 Å². The molecule has 1 aromatic rings. The maximum absolute atomic E-state index is 11.7. The van der Waals surface area contributed by atoms with E-state index in [1.807, 2.05) is 0 Å². The maximum atomic E-state index is 11.7. The molecule has 1 heterocycles. The molecule has 5 heteroatoms. The normalized spacial score (nSPS) is 22.0. The molecule has 0 radical (unpaired) electrons. The summed E-state index contributed by atoms with van der Waals surface area (Å²) in [6, 6.07) is 3.45. The maximum Gasteiger partial charge on any atom is 0.314 e. The number of fused-ring (bicyclic) bond motifs is 1. The van der Waals surface area contributed by atoms with E-state index in [0.717, 1.165) is 6.42 Å². The molecule has 0 atom stereocenters. The molecular formula is C16H19ClO4. The molecule has 1 saturated carbocycles. The third-order valence-electron chi connectivity index (χ3n) is 4.40. The number of carboxylic acid groups (broad SMARTS) is 1. The van der Waals surface area contributed by atoms with Crippen LogP contribution >= 0.6 is 11.6 Å². The number of carbonyl (C=O) groups is 1. The highest BCUT2D eigenvalue weighted by atomic mass is 35.5. The molecule has 0 saturated heterocycles. The molecule has 1 aliphatic heterocycles. The van der Waals surface area contributed by atoms with Crippen LogP contribution in [0.3, 0.4) is 0 Å². The molecule has 114 valence electrons. The summed E-state index contributed by atoms with van der Waals surface area (Å²) in [6.07, 6.45) is 2.14. The monoisotopic (exact) mass is 310 g/mol. The summed E-state index contributed by atoms with van der Waals surface area (Å²) >= 11 is 6.33. The zero-order chi connectivity index (χ0) is 15.3. The van der Waals surface area contributed by atoms with E-state index in [9.17, 15) is 9.90 Å². The number of carboxylic acids is 1. The first-order chi connectivity index (χ1) is 9.84. The van der Waals surface area contributed by atoms with Crippen molar-refractivity contribution < 1.29 is 19.4 Å². The Balaban J connectivity index is 2.02. The van der Waals surface area contributed by atoms with Gasteiger partial charge in [0.25, 0.3) is 0 Å². The van der Waals surface area contributed by atoms with E-state index in [2.05, 4.69) is 13.8 Å². The second-order valence-corrected chi connectivity index (χ2v) is 7.17. The van der Waals surface area contributed by atoms with Crippen LogP contribution in [0, 0.1) is 5.41 Å². The van der Waals surface area contributed by atoms with Crippen molar-refractivity contribution in [1.82, 2.24) is 0 Å². The fraction of sp³-hybridized carbons (Fsp3) is 0.562. The summed E-state index contributed by atoms with van der Waals surface area (Å²) in [5.41, 5.74) is -0.311. The molecule has 2 aliphatic rings. The van der Waals surface area contributed by atoms with Gasteiger partial charge in [-0.2, -0.15) is 0 Å². The lowest BCUT2D eigenvalue weighted by molar-refractivity contribution is -0.147. The van der Waals surface area contributed by atoms with Crippen LogP contribution in [-0.2, 0) is 10.2 Å². The molecule has 1 aliphatic carbocycles. The highest BCUT2D eigenvalue weighted by molar-refractivity contribution is 6.32. The Kier molecular flexibility index (Phi) is 3.32. The summed E-state index contributed by atoms with van der Waals surface area (Å²) in [4.78, 5) is 11.7. The fourth-order valence-corrected chi connectivity index (χ4v) is 3.18. The Morgan fingerprint density at radius 2 is 1.76 bits per heavy atom. The first-order valence-corrected chi connectivity index (χ1v) is 7.55. The molecule has 1 aromatic carbocycles. The predicted octanol–water partition coefficient (Wildman–Crippen LogP) is 3.64. The van der Waals surface area contributed by atoms with E-state index in [0.29, 0.717) is 48.1 Å². The van der Waals surface area contributed by atoms with Crippen LogP contribution in [0.1, 0.15) is 38.7 Å². The first-order valence-electron chi connectivity index (χ1n) is 7.17. The van der Waals surface area contributed by atoms with Crippen molar-refractivity contribution >= 4 is 17.6 Å². The second kappa shape index (κ2) is 4.80. The highest BCUT2D eigenvalue weighted by Crippen LogP contribution is 2.49. The predicted molar refractivity (Wildman–Crippen MR) is 79.4 cm³/mol. The van der Waals surface area contributed by atoms with Gasteiger partial charge in [-0.15, -0.1) is 0 Å². The fourth-order valence-electron chi connectivity index (χ4n) is 2.84. The van der Waals surface area contributed by atoms with Gasteiger partial charge in [-0.25, -0.2) is 0 Å². The SMILES string of the molecule is CC1(C)COc2cc(Cl)c(C3(C(=O)O)CCC3)cc2OC1. The van der Waals surface area contributed by atoms with Gasteiger partial charge in [-0.3, -0.25) is 4.79 Å². The smallest absolute Gasteiger partial charge is 0.314 e. The summed E-state index contributed by atoms with van der Waals surface area (Å²) < 4.78 is 11.6. The van der Waals surface area contributed by atoms with E-state index in [-0.39, 0.29) is 5.41 Å². The number of benzene rings is 1. The summed E-state index contributed by atoms with van der Waals surface area (Å²) in [5, 5.41) is 10.0. The average Bonchev–Trinajstić information content (AvgIpc) is 2.48. The van der Waals surface area contributed by atoms with Crippen molar-refractivity contribution in [2.24, 2.45) is 5.41 Å². The Morgan fingerprint density at radius 1 is 1.19 bits per heavy atom. The molecule has 0 unspecified atom stereocenters. The molecule has 0 aromatic heterocycles. The lowest BCUT2D eigenvalue weighted by Crippen LogP contribution is -2.42. The minimum Gasteiger partial charge on any atom is -0.489 e. The lowest BCUT2D eigenvalue weighted by atomic mass is 9.64. The molecule has 1 fully saturated rings. The zero-order valence-corrected chi connectivity index (χ0v) is 13.0. The standard InChI is InChI=1S/C16H19ClO4/c1-15(2)8-20-12-6-10(11(17)7-13(12)21-9-15)16(14(18)19)4-3-5-16/h6-7H,3-5,8-9H2,1-2H3,(H,18,19). The van der Waals surface area contributed by atoms with Crippen LogP contribution in [0.2, 0.25) is 5.02 Å².